The lowest BCUT2D eigenvalue weighted by molar-refractivity contribution is 0.318. The molecule has 0 unspecified atom stereocenters. The zero-order valence-corrected chi connectivity index (χ0v) is 17.6. The Morgan fingerprint density at radius 2 is 2.00 bits per heavy atom. The number of ether oxygens (including phenoxy) is 2. The summed E-state index contributed by atoms with van der Waals surface area (Å²) in [7, 11) is 1.56. The number of rotatable bonds is 7. The monoisotopic (exact) mass is 448 g/mol. The molecule has 30 heavy (non-hydrogen) atoms. The number of halogens is 2. The molecule has 3 rings (SSSR count). The van der Waals surface area contributed by atoms with E-state index in [1.807, 2.05) is 0 Å². The van der Waals surface area contributed by atoms with Gasteiger partial charge in [0.2, 0.25) is 0 Å². The molecule has 0 atom stereocenters. The van der Waals surface area contributed by atoms with E-state index in [4.69, 9.17) is 32.7 Å². The van der Waals surface area contributed by atoms with Crippen molar-refractivity contribution in [3.05, 3.63) is 68.6 Å². The van der Waals surface area contributed by atoms with Crippen molar-refractivity contribution in [2.24, 2.45) is 5.10 Å². The maximum Gasteiger partial charge on any atom is 0.292 e. The molecule has 1 aromatic heterocycles. The topological polar surface area (TPSA) is 98.0 Å². The fourth-order valence-electron chi connectivity index (χ4n) is 2.53. The number of phenols is 1. The number of hydrogen-bond donors (Lipinski definition) is 2. The second-order valence-corrected chi connectivity index (χ2v) is 6.72. The summed E-state index contributed by atoms with van der Waals surface area (Å²) in [6.45, 7) is 2.16. The number of nitrogens with zero attached hydrogens (tertiary/aromatic N) is 3. The molecule has 8 nitrogen and oxygen atoms in total. The van der Waals surface area contributed by atoms with Gasteiger partial charge in [-0.05, 0) is 48.9 Å². The van der Waals surface area contributed by atoms with Crippen molar-refractivity contribution in [2.75, 3.05) is 19.1 Å². The number of phenolic OH excluding ortho intramolecular Hbond substituents is 1. The summed E-state index contributed by atoms with van der Waals surface area (Å²) in [6.07, 6.45) is 2.83. The first-order valence-electron chi connectivity index (χ1n) is 8.81. The van der Waals surface area contributed by atoms with Crippen LogP contribution in [0.1, 0.15) is 12.5 Å². The Morgan fingerprint density at radius 3 is 2.67 bits per heavy atom. The zero-order valence-electron chi connectivity index (χ0n) is 16.1. The van der Waals surface area contributed by atoms with E-state index in [2.05, 4.69) is 15.6 Å². The smallest absolute Gasteiger partial charge is 0.292 e. The predicted octanol–water partition coefficient (Wildman–Crippen LogP) is 4.10. The van der Waals surface area contributed by atoms with Gasteiger partial charge in [-0.3, -0.25) is 10.2 Å². The molecule has 0 amide bonds. The zero-order chi connectivity index (χ0) is 21.7. The third kappa shape index (κ3) is 4.67. The maximum absolute atomic E-state index is 12.6. The molecule has 0 fully saturated rings. The first-order chi connectivity index (χ1) is 14.4. The molecule has 0 radical (unpaired) electrons. The molecule has 0 bridgehead atoms. The number of anilines is 1. The SMILES string of the molecule is CCOc1cc(/C=N\Nc2cnn(-c3ccc(OC)cc3)c(=O)c2Cl)cc(Cl)c1O. The first-order valence-corrected chi connectivity index (χ1v) is 9.56. The number of benzene rings is 2. The minimum Gasteiger partial charge on any atom is -0.503 e. The third-order valence-electron chi connectivity index (χ3n) is 3.99. The highest BCUT2D eigenvalue weighted by molar-refractivity contribution is 6.33. The van der Waals surface area contributed by atoms with Gasteiger partial charge >= 0.3 is 0 Å². The number of aromatic nitrogens is 2. The summed E-state index contributed by atoms with van der Waals surface area (Å²) in [6, 6.07) is 9.92. The van der Waals surface area contributed by atoms with Crippen molar-refractivity contribution in [1.82, 2.24) is 9.78 Å². The highest BCUT2D eigenvalue weighted by Crippen LogP contribution is 2.34. The van der Waals surface area contributed by atoms with Crippen molar-refractivity contribution >= 4 is 35.1 Å². The van der Waals surface area contributed by atoms with Gasteiger partial charge in [0, 0.05) is 0 Å². The van der Waals surface area contributed by atoms with E-state index in [-0.39, 0.29) is 27.2 Å². The van der Waals surface area contributed by atoms with Gasteiger partial charge < -0.3 is 14.6 Å². The first kappa shape index (κ1) is 21.5. The fraction of sp³-hybridized carbons (Fsp3) is 0.150. The molecule has 0 spiro atoms. The Labute approximate surface area is 182 Å². The molecular weight excluding hydrogens is 431 g/mol. The van der Waals surface area contributed by atoms with Crippen LogP contribution in [0, 0.1) is 0 Å². The van der Waals surface area contributed by atoms with Crippen LogP contribution < -0.4 is 20.5 Å². The van der Waals surface area contributed by atoms with Crippen LogP contribution in [-0.2, 0) is 0 Å². The van der Waals surface area contributed by atoms with Gasteiger partial charge in [0.25, 0.3) is 5.56 Å². The number of nitrogens with one attached hydrogen (secondary N) is 1. The van der Waals surface area contributed by atoms with Gasteiger partial charge in [-0.2, -0.15) is 14.9 Å². The maximum atomic E-state index is 12.6. The Balaban J connectivity index is 1.81. The number of methoxy groups -OCH3 is 1. The van der Waals surface area contributed by atoms with Crippen LogP contribution in [0.2, 0.25) is 10.0 Å². The summed E-state index contributed by atoms with van der Waals surface area (Å²) >= 11 is 12.2. The van der Waals surface area contributed by atoms with Crippen molar-refractivity contribution in [3.8, 4) is 22.9 Å². The normalized spacial score (nSPS) is 10.9. The Kier molecular flexibility index (Phi) is 6.81. The minimum absolute atomic E-state index is 0.0725. The number of hydrazone groups is 1. The molecule has 0 aliphatic carbocycles. The van der Waals surface area contributed by atoms with Gasteiger partial charge in [0.15, 0.2) is 11.5 Å². The van der Waals surface area contributed by atoms with E-state index < -0.39 is 5.56 Å². The molecular formula is C20H18Cl2N4O4. The molecule has 10 heteroatoms. The average Bonchev–Trinajstić information content (AvgIpc) is 2.75. The van der Waals surface area contributed by atoms with Crippen LogP contribution in [0.25, 0.3) is 5.69 Å². The van der Waals surface area contributed by atoms with E-state index in [0.29, 0.717) is 23.6 Å². The van der Waals surface area contributed by atoms with Gasteiger partial charge in [-0.25, -0.2) is 0 Å². The van der Waals surface area contributed by atoms with Crippen molar-refractivity contribution < 1.29 is 14.6 Å². The van der Waals surface area contributed by atoms with Crippen LogP contribution in [0.15, 0.2) is 52.5 Å². The molecule has 0 saturated carbocycles. The molecule has 3 aromatic rings. The Bertz CT molecular complexity index is 1130. The van der Waals surface area contributed by atoms with Crippen LogP contribution in [0.5, 0.6) is 17.2 Å². The molecule has 0 aliphatic rings. The Hall–Kier alpha value is -3.23. The van der Waals surface area contributed by atoms with Gasteiger partial charge in [-0.15, -0.1) is 0 Å². The van der Waals surface area contributed by atoms with Gasteiger partial charge in [0.1, 0.15) is 16.5 Å². The van der Waals surface area contributed by atoms with Gasteiger partial charge in [-0.1, -0.05) is 23.2 Å². The summed E-state index contributed by atoms with van der Waals surface area (Å²) in [5.41, 5.74) is 3.52. The standard InChI is InChI=1S/C20H18Cl2N4O4/c1-3-30-17-9-12(8-15(21)19(17)27)10-23-25-16-11-24-26(20(28)18(16)22)13-4-6-14(29-2)7-5-13/h4-11,25,27H,3H2,1-2H3/b23-10-. The van der Waals surface area contributed by atoms with Crippen LogP contribution >= 0.6 is 23.2 Å². The van der Waals surface area contributed by atoms with Crippen LogP contribution in [0.4, 0.5) is 5.69 Å². The third-order valence-corrected chi connectivity index (χ3v) is 4.64. The van der Waals surface area contributed by atoms with Crippen LogP contribution in [-0.4, -0.2) is 34.8 Å². The van der Waals surface area contributed by atoms with E-state index in [1.54, 1.807) is 44.4 Å². The second kappa shape index (κ2) is 9.51. The molecule has 2 N–H and O–H groups in total. The summed E-state index contributed by atoms with van der Waals surface area (Å²) in [5, 5.41) is 18.1. The van der Waals surface area contributed by atoms with E-state index in [1.165, 1.54) is 23.2 Å². The van der Waals surface area contributed by atoms with Crippen molar-refractivity contribution in [2.45, 2.75) is 6.92 Å². The van der Waals surface area contributed by atoms with Crippen molar-refractivity contribution in [3.63, 3.8) is 0 Å². The van der Waals surface area contributed by atoms with Crippen LogP contribution in [0.3, 0.4) is 0 Å². The highest BCUT2D eigenvalue weighted by Gasteiger charge is 2.11. The average molecular weight is 449 g/mol. The quantitative estimate of drug-likeness (QED) is 0.417. The summed E-state index contributed by atoms with van der Waals surface area (Å²) in [5.74, 6) is 0.763. The molecule has 1 heterocycles. The lowest BCUT2D eigenvalue weighted by Gasteiger charge is -2.09. The van der Waals surface area contributed by atoms with E-state index >= 15 is 0 Å². The van der Waals surface area contributed by atoms with Gasteiger partial charge in [0.05, 0.1) is 36.8 Å². The lowest BCUT2D eigenvalue weighted by atomic mass is 10.2. The minimum atomic E-state index is -0.506. The Morgan fingerprint density at radius 1 is 1.27 bits per heavy atom. The fourth-order valence-corrected chi connectivity index (χ4v) is 2.92. The largest absolute Gasteiger partial charge is 0.503 e. The number of aromatic hydroxyl groups is 1. The lowest BCUT2D eigenvalue weighted by Crippen LogP contribution is -2.22. The second-order valence-electron chi connectivity index (χ2n) is 5.94. The van der Waals surface area contributed by atoms with E-state index in [0.717, 1.165) is 0 Å². The predicted molar refractivity (Wildman–Crippen MR) is 117 cm³/mol. The molecule has 0 aliphatic heterocycles. The highest BCUT2D eigenvalue weighted by atomic mass is 35.5. The molecule has 156 valence electrons. The van der Waals surface area contributed by atoms with Crippen molar-refractivity contribution in [1.29, 1.82) is 0 Å². The number of hydrogen-bond acceptors (Lipinski definition) is 7. The summed E-state index contributed by atoms with van der Waals surface area (Å²) in [4.78, 5) is 12.6. The summed E-state index contributed by atoms with van der Waals surface area (Å²) < 4.78 is 11.6. The van der Waals surface area contributed by atoms with E-state index in [9.17, 15) is 9.90 Å². The molecule has 0 saturated heterocycles. The molecule has 2 aromatic carbocycles.